The van der Waals surface area contributed by atoms with E-state index in [-0.39, 0.29) is 11.4 Å². The second-order valence-electron chi connectivity index (χ2n) is 4.84. The van der Waals surface area contributed by atoms with E-state index in [1.807, 2.05) is 0 Å². The van der Waals surface area contributed by atoms with Gasteiger partial charge in [-0.3, -0.25) is 13.9 Å². The Morgan fingerprint density at radius 3 is 2.23 bits per heavy atom. The van der Waals surface area contributed by atoms with Crippen molar-refractivity contribution in [3.63, 3.8) is 0 Å². The van der Waals surface area contributed by atoms with Crippen LogP contribution in [0.4, 0.5) is 0 Å². The summed E-state index contributed by atoms with van der Waals surface area (Å²) >= 11 is 0. The lowest BCUT2D eigenvalue weighted by atomic mass is 9.99. The molecular formula is C16H18N2O4. The van der Waals surface area contributed by atoms with E-state index in [9.17, 15) is 14.7 Å². The van der Waals surface area contributed by atoms with Crippen molar-refractivity contribution in [1.82, 2.24) is 9.13 Å². The van der Waals surface area contributed by atoms with E-state index in [0.29, 0.717) is 11.3 Å². The van der Waals surface area contributed by atoms with Crippen LogP contribution in [0.1, 0.15) is 18.1 Å². The maximum atomic E-state index is 12.4. The molecule has 0 aliphatic rings. The smallest absolute Gasteiger partial charge is 0.333 e. The zero-order valence-electron chi connectivity index (χ0n) is 13.0. The molecule has 0 atom stereocenters. The molecule has 1 N–H and O–H groups in total. The van der Waals surface area contributed by atoms with Gasteiger partial charge in [0, 0.05) is 14.1 Å². The normalized spacial score (nSPS) is 11.5. The fraction of sp³-hybridized carbons (Fsp3) is 0.250. The molecule has 0 radical (unpaired) electrons. The van der Waals surface area contributed by atoms with Crippen molar-refractivity contribution in [2.75, 3.05) is 7.11 Å². The molecule has 6 heteroatoms. The van der Waals surface area contributed by atoms with Crippen LogP contribution >= 0.6 is 0 Å². The lowest BCUT2D eigenvalue weighted by Gasteiger charge is -2.13. The third-order valence-electron chi connectivity index (χ3n) is 3.59. The van der Waals surface area contributed by atoms with Gasteiger partial charge in [-0.05, 0) is 30.2 Å². The average Bonchev–Trinajstić information content (AvgIpc) is 2.55. The predicted molar refractivity (Wildman–Crippen MR) is 84.3 cm³/mol. The maximum Gasteiger partial charge on any atom is 0.333 e. The first-order valence-electron chi connectivity index (χ1n) is 6.72. The first-order valence-corrected chi connectivity index (χ1v) is 6.72. The van der Waals surface area contributed by atoms with Crippen molar-refractivity contribution in [1.29, 1.82) is 0 Å². The summed E-state index contributed by atoms with van der Waals surface area (Å²) in [5.41, 5.74) is 0.281. The molecule has 22 heavy (non-hydrogen) atoms. The maximum absolute atomic E-state index is 12.4. The van der Waals surface area contributed by atoms with Crippen molar-refractivity contribution in [2.45, 2.75) is 6.92 Å². The summed E-state index contributed by atoms with van der Waals surface area (Å²) in [7, 11) is 4.37. The topological polar surface area (TPSA) is 73.5 Å². The SMILES string of the molecule is C/C=C(/c1ccc(OC)cc1)c1c(O)n(C)c(=O)n(C)c1=O. The molecule has 1 heterocycles. The molecule has 0 aliphatic heterocycles. The molecule has 0 spiro atoms. The second-order valence-corrected chi connectivity index (χ2v) is 4.84. The van der Waals surface area contributed by atoms with E-state index in [1.165, 1.54) is 14.1 Å². The minimum Gasteiger partial charge on any atom is -0.497 e. The van der Waals surface area contributed by atoms with Gasteiger partial charge >= 0.3 is 5.69 Å². The second kappa shape index (κ2) is 5.93. The number of methoxy groups -OCH3 is 1. The molecule has 2 rings (SSSR count). The van der Waals surface area contributed by atoms with Crippen molar-refractivity contribution in [3.8, 4) is 11.6 Å². The van der Waals surface area contributed by atoms with Crippen LogP contribution in [-0.4, -0.2) is 21.4 Å². The molecule has 0 saturated heterocycles. The highest BCUT2D eigenvalue weighted by Crippen LogP contribution is 2.27. The monoisotopic (exact) mass is 302 g/mol. The number of aromatic hydroxyl groups is 1. The van der Waals surface area contributed by atoms with Gasteiger partial charge in [0.05, 0.1) is 7.11 Å². The zero-order chi connectivity index (χ0) is 16.4. The number of allylic oxidation sites excluding steroid dienone is 1. The number of nitrogens with zero attached hydrogens (tertiary/aromatic N) is 2. The Hall–Kier alpha value is -2.76. The van der Waals surface area contributed by atoms with Crippen LogP contribution in [0.5, 0.6) is 11.6 Å². The van der Waals surface area contributed by atoms with Gasteiger partial charge in [0.25, 0.3) is 5.56 Å². The lowest BCUT2D eigenvalue weighted by molar-refractivity contribution is 0.409. The molecule has 0 fully saturated rings. The van der Waals surface area contributed by atoms with Crippen molar-refractivity contribution in [3.05, 3.63) is 62.3 Å². The summed E-state index contributed by atoms with van der Waals surface area (Å²) in [6.07, 6.45) is 1.72. The molecule has 0 saturated carbocycles. The molecule has 0 amide bonds. The highest BCUT2D eigenvalue weighted by Gasteiger charge is 2.19. The minimum atomic E-state index is -0.573. The summed E-state index contributed by atoms with van der Waals surface area (Å²) in [4.78, 5) is 24.2. The van der Waals surface area contributed by atoms with Gasteiger partial charge in [-0.25, -0.2) is 4.79 Å². The molecular weight excluding hydrogens is 284 g/mol. The van der Waals surface area contributed by atoms with Gasteiger partial charge in [-0.2, -0.15) is 0 Å². The first-order chi connectivity index (χ1) is 10.4. The summed E-state index contributed by atoms with van der Waals surface area (Å²) < 4.78 is 7.13. The van der Waals surface area contributed by atoms with Gasteiger partial charge in [0.2, 0.25) is 5.88 Å². The van der Waals surface area contributed by atoms with Crippen molar-refractivity contribution in [2.24, 2.45) is 14.1 Å². The molecule has 1 aromatic heterocycles. The van der Waals surface area contributed by atoms with Gasteiger partial charge < -0.3 is 9.84 Å². The number of aromatic nitrogens is 2. The van der Waals surface area contributed by atoms with Crippen molar-refractivity contribution < 1.29 is 9.84 Å². The van der Waals surface area contributed by atoms with Crippen LogP contribution in [0.15, 0.2) is 39.9 Å². The van der Waals surface area contributed by atoms with E-state index >= 15 is 0 Å². The third kappa shape index (κ3) is 2.43. The average molecular weight is 302 g/mol. The van der Waals surface area contributed by atoms with Crippen molar-refractivity contribution >= 4 is 5.57 Å². The summed E-state index contributed by atoms with van der Waals surface area (Å²) in [6, 6.07) is 7.11. The molecule has 6 nitrogen and oxygen atoms in total. The first kappa shape index (κ1) is 15.6. The molecule has 2 aromatic rings. The Morgan fingerprint density at radius 1 is 1.14 bits per heavy atom. The lowest BCUT2D eigenvalue weighted by Crippen LogP contribution is -2.38. The standard InChI is InChI=1S/C16H18N2O4/c1-5-12(10-6-8-11(22-4)9-7-10)13-14(19)17(2)16(21)18(3)15(13)20/h5-9,19H,1-4H3/b12-5-. The van der Waals surface area contributed by atoms with Crippen LogP contribution in [0.2, 0.25) is 0 Å². The quantitative estimate of drug-likeness (QED) is 0.926. The van der Waals surface area contributed by atoms with E-state index < -0.39 is 11.2 Å². The Labute approximate surface area is 127 Å². The molecule has 116 valence electrons. The number of hydrogen-bond donors (Lipinski definition) is 1. The summed E-state index contributed by atoms with van der Waals surface area (Å²) in [6.45, 7) is 1.77. The van der Waals surface area contributed by atoms with E-state index in [0.717, 1.165) is 14.7 Å². The van der Waals surface area contributed by atoms with Gasteiger partial charge in [0.15, 0.2) is 0 Å². The Bertz CT molecular complexity index is 842. The van der Waals surface area contributed by atoms with Gasteiger partial charge in [0.1, 0.15) is 11.3 Å². The molecule has 0 unspecified atom stereocenters. The largest absolute Gasteiger partial charge is 0.497 e. The number of hydrogen-bond acceptors (Lipinski definition) is 4. The summed E-state index contributed by atoms with van der Waals surface area (Å²) in [5.74, 6) is 0.341. The predicted octanol–water partition coefficient (Wildman–Crippen LogP) is 1.25. The van der Waals surface area contributed by atoms with Crippen LogP contribution in [0.25, 0.3) is 5.57 Å². The van der Waals surface area contributed by atoms with Crippen LogP contribution in [-0.2, 0) is 14.1 Å². The van der Waals surface area contributed by atoms with Crippen LogP contribution in [0, 0.1) is 0 Å². The number of ether oxygens (including phenoxy) is 1. The Kier molecular flexibility index (Phi) is 4.21. The van der Waals surface area contributed by atoms with E-state index in [1.54, 1.807) is 44.4 Å². The van der Waals surface area contributed by atoms with Crippen LogP contribution < -0.4 is 16.0 Å². The molecule has 1 aromatic carbocycles. The molecule has 0 bridgehead atoms. The van der Waals surface area contributed by atoms with E-state index in [2.05, 4.69) is 0 Å². The van der Waals surface area contributed by atoms with Gasteiger partial charge in [-0.15, -0.1) is 0 Å². The zero-order valence-corrected chi connectivity index (χ0v) is 13.0. The highest BCUT2D eigenvalue weighted by molar-refractivity contribution is 5.81. The minimum absolute atomic E-state index is 0.0947. The highest BCUT2D eigenvalue weighted by atomic mass is 16.5. The van der Waals surface area contributed by atoms with E-state index in [4.69, 9.17) is 4.74 Å². The third-order valence-corrected chi connectivity index (χ3v) is 3.59. The molecule has 0 aliphatic carbocycles. The Morgan fingerprint density at radius 2 is 1.73 bits per heavy atom. The fourth-order valence-corrected chi connectivity index (χ4v) is 2.30. The summed E-state index contributed by atoms with van der Waals surface area (Å²) in [5, 5.41) is 10.2. The fourth-order valence-electron chi connectivity index (χ4n) is 2.30. The van der Waals surface area contributed by atoms with Gasteiger partial charge in [-0.1, -0.05) is 18.2 Å². The Balaban J connectivity index is 2.72. The number of rotatable bonds is 3. The van der Waals surface area contributed by atoms with Crippen LogP contribution in [0.3, 0.4) is 0 Å². The number of benzene rings is 1.